The molecule has 0 aromatic heterocycles. The standard InChI is InChI=1S/C13H25NO3/c1-5-14(12(16)17-13(2,3)4)9-10-6-7-11(15)8-10/h10-11,15H,5-9H2,1-4H3/t10-,11-/m0/s1. The van der Waals surface area contributed by atoms with Crippen molar-refractivity contribution in [3.8, 4) is 0 Å². The van der Waals surface area contributed by atoms with Crippen LogP contribution in [0.3, 0.4) is 0 Å². The van der Waals surface area contributed by atoms with Crippen LogP contribution in [0.2, 0.25) is 0 Å². The normalized spacial score (nSPS) is 24.8. The largest absolute Gasteiger partial charge is 0.444 e. The lowest BCUT2D eigenvalue weighted by atomic mass is 10.1. The average molecular weight is 243 g/mol. The fourth-order valence-corrected chi connectivity index (χ4v) is 2.19. The molecule has 0 unspecified atom stereocenters. The number of aliphatic hydroxyl groups excluding tert-OH is 1. The zero-order valence-corrected chi connectivity index (χ0v) is 11.4. The van der Waals surface area contributed by atoms with E-state index in [4.69, 9.17) is 4.74 Å². The fraction of sp³-hybridized carbons (Fsp3) is 0.923. The van der Waals surface area contributed by atoms with Crippen LogP contribution in [0.25, 0.3) is 0 Å². The van der Waals surface area contributed by atoms with Crippen molar-refractivity contribution in [1.82, 2.24) is 4.90 Å². The van der Waals surface area contributed by atoms with Gasteiger partial charge in [0.1, 0.15) is 5.60 Å². The number of nitrogens with zero attached hydrogens (tertiary/aromatic N) is 1. The smallest absolute Gasteiger partial charge is 0.410 e. The Balaban J connectivity index is 2.45. The maximum Gasteiger partial charge on any atom is 0.410 e. The number of carbonyl (C=O) groups is 1. The van der Waals surface area contributed by atoms with Crippen LogP contribution < -0.4 is 0 Å². The van der Waals surface area contributed by atoms with Crippen LogP contribution in [-0.2, 0) is 4.74 Å². The van der Waals surface area contributed by atoms with Gasteiger partial charge in [-0.15, -0.1) is 0 Å². The summed E-state index contributed by atoms with van der Waals surface area (Å²) in [5.74, 6) is 0.414. The molecule has 1 N–H and O–H groups in total. The van der Waals surface area contributed by atoms with Crippen LogP contribution in [0.15, 0.2) is 0 Å². The summed E-state index contributed by atoms with van der Waals surface area (Å²) in [7, 11) is 0. The molecule has 0 saturated heterocycles. The molecule has 0 aromatic carbocycles. The molecule has 0 spiro atoms. The Morgan fingerprint density at radius 1 is 1.41 bits per heavy atom. The molecular formula is C13H25NO3. The van der Waals surface area contributed by atoms with Crippen molar-refractivity contribution >= 4 is 6.09 Å². The third kappa shape index (κ3) is 4.94. The Kier molecular flexibility index (Phi) is 4.80. The minimum absolute atomic E-state index is 0.183. The van der Waals surface area contributed by atoms with Crippen molar-refractivity contribution in [3.05, 3.63) is 0 Å². The maximum atomic E-state index is 11.9. The number of carbonyl (C=O) groups excluding carboxylic acids is 1. The van der Waals surface area contributed by atoms with Crippen molar-refractivity contribution in [2.24, 2.45) is 5.92 Å². The molecule has 1 aliphatic rings. The van der Waals surface area contributed by atoms with Gasteiger partial charge >= 0.3 is 6.09 Å². The van der Waals surface area contributed by atoms with E-state index in [1.807, 2.05) is 27.7 Å². The van der Waals surface area contributed by atoms with E-state index >= 15 is 0 Å². The van der Waals surface area contributed by atoms with E-state index in [1.165, 1.54) is 0 Å². The van der Waals surface area contributed by atoms with Crippen molar-refractivity contribution in [3.63, 3.8) is 0 Å². The summed E-state index contributed by atoms with van der Waals surface area (Å²) in [6.07, 6.45) is 2.23. The molecule has 1 saturated carbocycles. The molecule has 0 heterocycles. The summed E-state index contributed by atoms with van der Waals surface area (Å²) < 4.78 is 5.35. The van der Waals surface area contributed by atoms with Gasteiger partial charge in [0.15, 0.2) is 0 Å². The van der Waals surface area contributed by atoms with Crippen molar-refractivity contribution in [2.45, 2.75) is 58.7 Å². The zero-order valence-electron chi connectivity index (χ0n) is 11.4. The number of aliphatic hydroxyl groups is 1. The van der Waals surface area contributed by atoms with Gasteiger partial charge in [0.05, 0.1) is 6.10 Å². The summed E-state index contributed by atoms with van der Waals surface area (Å²) in [4.78, 5) is 13.6. The van der Waals surface area contributed by atoms with Gasteiger partial charge in [-0.2, -0.15) is 0 Å². The second-order valence-electron chi connectivity index (χ2n) is 5.85. The lowest BCUT2D eigenvalue weighted by Crippen LogP contribution is -2.39. The number of hydrogen-bond acceptors (Lipinski definition) is 3. The molecule has 0 aromatic rings. The molecule has 4 heteroatoms. The zero-order chi connectivity index (χ0) is 13.1. The number of hydrogen-bond donors (Lipinski definition) is 1. The summed E-state index contributed by atoms with van der Waals surface area (Å²) in [6.45, 7) is 8.92. The van der Waals surface area contributed by atoms with Crippen LogP contribution in [-0.4, -0.2) is 40.9 Å². The van der Waals surface area contributed by atoms with Crippen LogP contribution in [0, 0.1) is 5.92 Å². The molecule has 1 amide bonds. The average Bonchev–Trinajstić information content (AvgIpc) is 2.57. The number of rotatable bonds is 3. The third-order valence-electron chi connectivity index (χ3n) is 3.03. The predicted molar refractivity (Wildman–Crippen MR) is 66.8 cm³/mol. The molecule has 17 heavy (non-hydrogen) atoms. The predicted octanol–water partition coefficient (Wildman–Crippen LogP) is 2.40. The molecule has 1 rings (SSSR count). The van der Waals surface area contributed by atoms with Crippen molar-refractivity contribution in [1.29, 1.82) is 0 Å². The van der Waals surface area contributed by atoms with Gasteiger partial charge in [0.2, 0.25) is 0 Å². The molecule has 1 fully saturated rings. The first-order chi connectivity index (χ1) is 7.81. The topological polar surface area (TPSA) is 49.8 Å². The lowest BCUT2D eigenvalue weighted by Gasteiger charge is -2.28. The highest BCUT2D eigenvalue weighted by Crippen LogP contribution is 2.26. The Bertz CT molecular complexity index is 260. The van der Waals surface area contributed by atoms with Gasteiger partial charge in [-0.1, -0.05) is 0 Å². The minimum atomic E-state index is -0.445. The molecule has 0 bridgehead atoms. The maximum absolute atomic E-state index is 11.9. The number of amides is 1. The molecular weight excluding hydrogens is 218 g/mol. The highest BCUT2D eigenvalue weighted by atomic mass is 16.6. The summed E-state index contributed by atoms with van der Waals surface area (Å²) in [5, 5.41) is 9.48. The molecule has 0 radical (unpaired) electrons. The molecule has 100 valence electrons. The van der Waals surface area contributed by atoms with Crippen molar-refractivity contribution < 1.29 is 14.6 Å². The van der Waals surface area contributed by atoms with Gasteiger partial charge in [-0.3, -0.25) is 0 Å². The van der Waals surface area contributed by atoms with Gasteiger partial charge < -0.3 is 14.7 Å². The first kappa shape index (κ1) is 14.3. The summed E-state index contributed by atoms with van der Waals surface area (Å²) >= 11 is 0. The van der Waals surface area contributed by atoms with E-state index in [0.29, 0.717) is 19.0 Å². The van der Waals surface area contributed by atoms with E-state index in [0.717, 1.165) is 19.3 Å². The Morgan fingerprint density at radius 2 is 2.06 bits per heavy atom. The fourth-order valence-electron chi connectivity index (χ4n) is 2.19. The Morgan fingerprint density at radius 3 is 2.47 bits per heavy atom. The van der Waals surface area contributed by atoms with E-state index < -0.39 is 5.60 Å². The third-order valence-corrected chi connectivity index (χ3v) is 3.03. The highest BCUT2D eigenvalue weighted by Gasteiger charge is 2.28. The van der Waals surface area contributed by atoms with E-state index in [1.54, 1.807) is 4.90 Å². The van der Waals surface area contributed by atoms with Gasteiger partial charge in [0.25, 0.3) is 0 Å². The lowest BCUT2D eigenvalue weighted by molar-refractivity contribution is 0.0228. The van der Waals surface area contributed by atoms with Crippen LogP contribution in [0.4, 0.5) is 4.79 Å². The van der Waals surface area contributed by atoms with Crippen LogP contribution in [0.5, 0.6) is 0 Å². The first-order valence-electron chi connectivity index (χ1n) is 6.47. The molecule has 1 aliphatic carbocycles. The molecule has 0 aliphatic heterocycles. The van der Waals surface area contributed by atoms with Crippen LogP contribution >= 0.6 is 0 Å². The number of ether oxygens (including phenoxy) is 1. The van der Waals surface area contributed by atoms with Gasteiger partial charge in [0, 0.05) is 13.1 Å². The second-order valence-corrected chi connectivity index (χ2v) is 5.85. The quantitative estimate of drug-likeness (QED) is 0.828. The first-order valence-corrected chi connectivity index (χ1v) is 6.47. The van der Waals surface area contributed by atoms with Gasteiger partial charge in [-0.25, -0.2) is 4.79 Å². The van der Waals surface area contributed by atoms with Crippen LogP contribution in [0.1, 0.15) is 47.0 Å². The van der Waals surface area contributed by atoms with E-state index in [2.05, 4.69) is 0 Å². The van der Waals surface area contributed by atoms with Crippen molar-refractivity contribution in [2.75, 3.05) is 13.1 Å². The van der Waals surface area contributed by atoms with E-state index in [9.17, 15) is 9.90 Å². The molecule has 4 nitrogen and oxygen atoms in total. The van der Waals surface area contributed by atoms with Gasteiger partial charge in [-0.05, 0) is 52.9 Å². The SMILES string of the molecule is CCN(C[C@H]1CC[C@H](O)C1)C(=O)OC(C)(C)C. The highest BCUT2D eigenvalue weighted by molar-refractivity contribution is 5.68. The minimum Gasteiger partial charge on any atom is -0.444 e. The monoisotopic (exact) mass is 243 g/mol. The Labute approximate surface area is 104 Å². The molecule has 2 atom stereocenters. The van der Waals surface area contributed by atoms with E-state index in [-0.39, 0.29) is 12.2 Å². The summed E-state index contributed by atoms with van der Waals surface area (Å²) in [6, 6.07) is 0. The Hall–Kier alpha value is -0.770. The second kappa shape index (κ2) is 5.71. The summed E-state index contributed by atoms with van der Waals surface area (Å²) in [5.41, 5.74) is -0.445.